The summed E-state index contributed by atoms with van der Waals surface area (Å²) in [7, 11) is 0. The molecule has 3 heterocycles. The van der Waals surface area contributed by atoms with Crippen LogP contribution in [0.3, 0.4) is 0 Å². The summed E-state index contributed by atoms with van der Waals surface area (Å²) in [5.41, 5.74) is 9.49. The van der Waals surface area contributed by atoms with Crippen LogP contribution in [0.15, 0.2) is 144 Å². The number of nitrogens with zero attached hydrogens (tertiary/aromatic N) is 4. The van der Waals surface area contributed by atoms with E-state index >= 15 is 0 Å². The number of fused-ring (bicyclic) bond motifs is 3. The highest BCUT2D eigenvalue weighted by Gasteiger charge is 2.29. The van der Waals surface area contributed by atoms with Crippen LogP contribution in [0.2, 0.25) is 0 Å². The van der Waals surface area contributed by atoms with Gasteiger partial charge in [-0.2, -0.15) is 0 Å². The van der Waals surface area contributed by atoms with Crippen LogP contribution in [-0.2, 0) is 10.8 Å². The summed E-state index contributed by atoms with van der Waals surface area (Å²) >= 11 is 0. The smallest absolute Gasteiger partial charge is 0.180 e. The summed E-state index contributed by atoms with van der Waals surface area (Å²) in [6, 6.07) is 45.1. The van der Waals surface area contributed by atoms with E-state index < -0.39 is 0 Å². The molecule has 0 saturated heterocycles. The average molecular weight is 695 g/mol. The maximum Gasteiger partial charge on any atom is 0.180 e. The van der Waals surface area contributed by atoms with Crippen molar-refractivity contribution < 1.29 is 9.52 Å². The lowest BCUT2D eigenvalue weighted by molar-refractivity contribution is 0.446. The zero-order valence-electron chi connectivity index (χ0n) is 30.9. The molecule has 3 aromatic heterocycles. The molecule has 0 atom stereocenters. The molecule has 0 fully saturated rings. The average Bonchev–Trinajstić information content (AvgIpc) is 3.54. The van der Waals surface area contributed by atoms with E-state index in [1.807, 2.05) is 66.9 Å². The van der Waals surface area contributed by atoms with Crippen LogP contribution in [0.4, 0.5) is 17.2 Å². The van der Waals surface area contributed by atoms with Crippen LogP contribution in [-0.4, -0.2) is 20.1 Å². The van der Waals surface area contributed by atoms with Crippen molar-refractivity contribution in [3.8, 4) is 39.5 Å². The summed E-state index contributed by atoms with van der Waals surface area (Å²) in [4.78, 5) is 17.4. The molecule has 0 aliphatic rings. The highest BCUT2D eigenvalue weighted by atomic mass is 16.3. The Labute approximate surface area is 310 Å². The first kappa shape index (κ1) is 33.9. The van der Waals surface area contributed by atoms with Gasteiger partial charge in [-0.25, -0.2) is 15.0 Å². The number of rotatable bonds is 6. The lowest BCUT2D eigenvalue weighted by atomic mass is 9.78. The van der Waals surface area contributed by atoms with Gasteiger partial charge in [0.25, 0.3) is 0 Å². The maximum absolute atomic E-state index is 12.0. The monoisotopic (exact) mass is 694 g/mol. The number of hydrogen-bond donors (Lipinski definition) is 1. The SMILES string of the molecule is CC(C)(C)c1cc(-c2nc(-c3cccc(N(c4ccccn4)c4ccccc4-c4ccccc4)c3)nc3c2oc2ccccc23)c(O)c(C(C)(C)C)c1. The summed E-state index contributed by atoms with van der Waals surface area (Å²) in [6.07, 6.45) is 1.81. The second kappa shape index (κ2) is 13.1. The molecule has 0 amide bonds. The Kier molecular flexibility index (Phi) is 8.34. The molecule has 0 aliphatic heterocycles. The van der Waals surface area contributed by atoms with Gasteiger partial charge in [-0.05, 0) is 70.5 Å². The standard InChI is InChI=1S/C47H42N4O2/c1-46(2,3)32-28-36(43(52)37(29-32)47(4,5)6)42-44-41(35-22-11-13-24-39(35)53-44)49-45(50-42)31-19-16-20-33(27-31)51(40-25-14-15-26-48-40)38-23-12-10-21-34(38)30-17-8-7-9-18-30/h7-29,52H,1-6H3. The Morgan fingerprint density at radius 3 is 2.09 bits per heavy atom. The number of furan rings is 1. The molecule has 0 spiro atoms. The minimum atomic E-state index is -0.317. The molecule has 6 heteroatoms. The second-order valence-corrected chi connectivity index (χ2v) is 15.5. The van der Waals surface area contributed by atoms with E-state index in [-0.39, 0.29) is 16.6 Å². The zero-order chi connectivity index (χ0) is 36.9. The third-order valence-corrected chi connectivity index (χ3v) is 9.73. The predicted molar refractivity (Wildman–Crippen MR) is 217 cm³/mol. The van der Waals surface area contributed by atoms with Crippen molar-refractivity contribution in [2.24, 2.45) is 0 Å². The van der Waals surface area contributed by atoms with E-state index in [2.05, 4.69) is 119 Å². The van der Waals surface area contributed by atoms with Crippen LogP contribution in [0, 0.1) is 0 Å². The van der Waals surface area contributed by atoms with E-state index in [0.29, 0.717) is 33.8 Å². The number of para-hydroxylation sites is 2. The first-order valence-electron chi connectivity index (χ1n) is 18.0. The summed E-state index contributed by atoms with van der Waals surface area (Å²) < 4.78 is 6.52. The van der Waals surface area contributed by atoms with Gasteiger partial charge >= 0.3 is 0 Å². The molecule has 8 aromatic rings. The van der Waals surface area contributed by atoms with Gasteiger partial charge in [-0.1, -0.05) is 126 Å². The molecule has 53 heavy (non-hydrogen) atoms. The minimum Gasteiger partial charge on any atom is -0.507 e. The summed E-state index contributed by atoms with van der Waals surface area (Å²) in [5, 5.41) is 12.9. The summed E-state index contributed by atoms with van der Waals surface area (Å²) in [6.45, 7) is 12.9. The van der Waals surface area contributed by atoms with E-state index in [1.54, 1.807) is 0 Å². The molecule has 0 aliphatic carbocycles. The quantitative estimate of drug-likeness (QED) is 0.187. The van der Waals surface area contributed by atoms with Crippen LogP contribution >= 0.6 is 0 Å². The zero-order valence-corrected chi connectivity index (χ0v) is 30.9. The second-order valence-electron chi connectivity index (χ2n) is 15.5. The van der Waals surface area contributed by atoms with Gasteiger partial charge in [0, 0.05) is 39.5 Å². The molecule has 8 rings (SSSR count). The van der Waals surface area contributed by atoms with E-state index in [1.165, 1.54) is 0 Å². The molecule has 0 radical (unpaired) electrons. The molecule has 6 nitrogen and oxygen atoms in total. The largest absolute Gasteiger partial charge is 0.507 e. The molecule has 0 bridgehead atoms. The van der Waals surface area contributed by atoms with Crippen molar-refractivity contribution in [1.29, 1.82) is 0 Å². The van der Waals surface area contributed by atoms with Crippen LogP contribution in [0.1, 0.15) is 52.7 Å². The fourth-order valence-corrected chi connectivity index (χ4v) is 6.92. The van der Waals surface area contributed by atoms with Gasteiger partial charge in [-0.3, -0.25) is 4.90 Å². The number of pyridine rings is 1. The fourth-order valence-electron chi connectivity index (χ4n) is 6.92. The molecule has 262 valence electrons. The third-order valence-electron chi connectivity index (χ3n) is 9.73. The van der Waals surface area contributed by atoms with Crippen molar-refractivity contribution in [2.45, 2.75) is 52.4 Å². The Balaban J connectivity index is 1.37. The number of aromatic nitrogens is 3. The number of benzene rings is 5. The maximum atomic E-state index is 12.0. The lowest BCUT2D eigenvalue weighted by Gasteiger charge is -2.27. The van der Waals surface area contributed by atoms with Gasteiger partial charge in [-0.15, -0.1) is 0 Å². The van der Waals surface area contributed by atoms with Crippen molar-refractivity contribution in [2.75, 3.05) is 4.90 Å². The molecular formula is C47H42N4O2. The molecule has 0 saturated carbocycles. The van der Waals surface area contributed by atoms with Crippen molar-refractivity contribution in [1.82, 2.24) is 15.0 Å². The topological polar surface area (TPSA) is 75.3 Å². The first-order valence-corrected chi connectivity index (χ1v) is 18.0. The molecule has 1 N–H and O–H groups in total. The lowest BCUT2D eigenvalue weighted by Crippen LogP contribution is -2.17. The van der Waals surface area contributed by atoms with Gasteiger partial charge in [0.1, 0.15) is 28.4 Å². The number of phenolic OH excluding ortho intramolecular Hbond substituents is 1. The normalized spacial score (nSPS) is 12.0. The fraction of sp³-hybridized carbons (Fsp3) is 0.170. The van der Waals surface area contributed by atoms with Crippen LogP contribution in [0.5, 0.6) is 5.75 Å². The highest BCUT2D eigenvalue weighted by Crippen LogP contribution is 2.46. The van der Waals surface area contributed by atoms with Gasteiger partial charge < -0.3 is 9.52 Å². The van der Waals surface area contributed by atoms with Gasteiger partial charge in [0.15, 0.2) is 11.4 Å². The minimum absolute atomic E-state index is 0.176. The van der Waals surface area contributed by atoms with E-state index in [9.17, 15) is 5.11 Å². The van der Waals surface area contributed by atoms with Gasteiger partial charge in [0.2, 0.25) is 0 Å². The Bertz CT molecular complexity index is 2600. The number of hydrogen-bond acceptors (Lipinski definition) is 6. The Morgan fingerprint density at radius 2 is 1.34 bits per heavy atom. The molecule has 5 aromatic carbocycles. The van der Waals surface area contributed by atoms with Crippen LogP contribution in [0.25, 0.3) is 55.8 Å². The predicted octanol–water partition coefficient (Wildman–Crippen LogP) is 12.5. The highest BCUT2D eigenvalue weighted by molar-refractivity contribution is 6.07. The van der Waals surface area contributed by atoms with E-state index in [4.69, 9.17) is 19.4 Å². The number of aromatic hydroxyl groups is 1. The molecular weight excluding hydrogens is 653 g/mol. The number of anilines is 3. The van der Waals surface area contributed by atoms with Crippen molar-refractivity contribution in [3.05, 3.63) is 151 Å². The first-order chi connectivity index (χ1) is 25.5. The Hall–Kier alpha value is -6.27. The summed E-state index contributed by atoms with van der Waals surface area (Å²) in [5.74, 6) is 1.50. The van der Waals surface area contributed by atoms with Gasteiger partial charge in [0.05, 0.1) is 5.69 Å². The van der Waals surface area contributed by atoms with Crippen molar-refractivity contribution >= 4 is 39.3 Å². The third kappa shape index (κ3) is 6.31. The molecule has 0 unspecified atom stereocenters. The van der Waals surface area contributed by atoms with E-state index in [0.717, 1.165) is 50.4 Å². The Morgan fingerprint density at radius 1 is 0.623 bits per heavy atom. The van der Waals surface area contributed by atoms with Crippen LogP contribution < -0.4 is 4.90 Å². The number of phenols is 1. The van der Waals surface area contributed by atoms with Crippen molar-refractivity contribution in [3.63, 3.8) is 0 Å².